The normalized spacial score (nSPS) is 44.7. The summed E-state index contributed by atoms with van der Waals surface area (Å²) in [4.78, 5) is 39.4. The molecule has 200 valence electrons. The molecular weight excluding hydrogens is 450 g/mol. The molecule has 4 aliphatic carbocycles. The summed E-state index contributed by atoms with van der Waals surface area (Å²) in [7, 11) is 0. The summed E-state index contributed by atoms with van der Waals surface area (Å²) in [6, 6.07) is -0.224. The first kappa shape index (κ1) is 26.0. The van der Waals surface area contributed by atoms with E-state index in [-0.39, 0.29) is 40.8 Å². The zero-order valence-electron chi connectivity index (χ0n) is 23.3. The van der Waals surface area contributed by atoms with E-state index in [4.69, 9.17) is 4.74 Å². The van der Waals surface area contributed by atoms with Crippen molar-refractivity contribution >= 4 is 17.7 Å². The van der Waals surface area contributed by atoms with Crippen LogP contribution in [0.25, 0.3) is 0 Å². The molecule has 0 bridgehead atoms. The van der Waals surface area contributed by atoms with Gasteiger partial charge >= 0.3 is 5.97 Å². The van der Waals surface area contributed by atoms with Crippen molar-refractivity contribution in [1.82, 2.24) is 4.90 Å². The molecule has 5 nitrogen and oxygen atoms in total. The number of allylic oxidation sites excluding steroid dienone is 1. The van der Waals surface area contributed by atoms with Crippen molar-refractivity contribution in [3.63, 3.8) is 0 Å². The predicted octanol–water partition coefficient (Wildman–Crippen LogP) is 5.96. The summed E-state index contributed by atoms with van der Waals surface area (Å²) >= 11 is 0. The van der Waals surface area contributed by atoms with Crippen molar-refractivity contribution in [2.45, 2.75) is 111 Å². The van der Waals surface area contributed by atoms with E-state index >= 15 is 0 Å². The Hall–Kier alpha value is -1.65. The second-order valence-corrected chi connectivity index (χ2v) is 13.7. The quantitative estimate of drug-likeness (QED) is 0.355. The second kappa shape index (κ2) is 9.27. The minimum Gasteiger partial charge on any atom is -0.462 e. The van der Waals surface area contributed by atoms with Crippen LogP contribution in [0.15, 0.2) is 11.6 Å². The Bertz CT molecular complexity index is 956. The van der Waals surface area contributed by atoms with Gasteiger partial charge in [-0.2, -0.15) is 0 Å². The number of esters is 1. The first-order chi connectivity index (χ1) is 17.0. The van der Waals surface area contributed by atoms with Crippen LogP contribution in [0.5, 0.6) is 0 Å². The third-order valence-electron chi connectivity index (χ3n) is 11.8. The van der Waals surface area contributed by atoms with E-state index in [2.05, 4.69) is 33.8 Å². The van der Waals surface area contributed by atoms with Gasteiger partial charge in [0.15, 0.2) is 5.78 Å². The molecule has 3 saturated carbocycles. The molecule has 4 unspecified atom stereocenters. The highest BCUT2D eigenvalue weighted by Crippen LogP contribution is 2.67. The van der Waals surface area contributed by atoms with Crippen LogP contribution in [0.2, 0.25) is 0 Å². The maximum Gasteiger partial charge on any atom is 0.302 e. The Labute approximate surface area is 217 Å². The number of amides is 1. The molecule has 36 heavy (non-hydrogen) atoms. The van der Waals surface area contributed by atoms with Crippen molar-refractivity contribution in [2.24, 2.45) is 46.3 Å². The molecule has 0 N–H and O–H groups in total. The Morgan fingerprint density at radius 1 is 1.06 bits per heavy atom. The van der Waals surface area contributed by atoms with E-state index in [1.165, 1.54) is 31.8 Å². The molecule has 1 saturated heterocycles. The van der Waals surface area contributed by atoms with Crippen molar-refractivity contribution in [1.29, 1.82) is 0 Å². The third kappa shape index (κ3) is 4.07. The Kier molecular flexibility index (Phi) is 6.69. The molecule has 4 fully saturated rings. The maximum atomic E-state index is 13.8. The van der Waals surface area contributed by atoms with Gasteiger partial charge in [-0.1, -0.05) is 39.3 Å². The fourth-order valence-electron chi connectivity index (χ4n) is 9.99. The smallest absolute Gasteiger partial charge is 0.302 e. The number of hydrogen-bond acceptors (Lipinski definition) is 4. The number of nitrogens with zero attached hydrogens (tertiary/aromatic N) is 1. The van der Waals surface area contributed by atoms with E-state index in [1.54, 1.807) is 6.92 Å². The SMILES string of the molecule is CC(=O)OC1CC[C@@]2(C)C(=CC[C@H]3[C@@H]4CC[C@H](C(C)C(=O)C5CC(C)CN5C(C)=O)[C@@]4(C)CC[C@@H]32)C1. The van der Waals surface area contributed by atoms with Gasteiger partial charge in [-0.25, -0.2) is 0 Å². The highest BCUT2D eigenvalue weighted by Gasteiger charge is 2.60. The number of fused-ring (bicyclic) bond motifs is 5. The van der Waals surface area contributed by atoms with Crippen LogP contribution in [0.4, 0.5) is 0 Å². The Morgan fingerprint density at radius 2 is 1.81 bits per heavy atom. The Morgan fingerprint density at radius 3 is 2.50 bits per heavy atom. The first-order valence-electron chi connectivity index (χ1n) is 14.6. The fraction of sp³-hybridized carbons (Fsp3) is 0.839. The molecule has 0 aromatic heterocycles. The number of ketones is 1. The summed E-state index contributed by atoms with van der Waals surface area (Å²) in [5.74, 6) is 3.08. The minimum absolute atomic E-state index is 0.0122. The number of hydrogen-bond donors (Lipinski definition) is 0. The summed E-state index contributed by atoms with van der Waals surface area (Å²) in [6.45, 7) is 13.2. The predicted molar refractivity (Wildman–Crippen MR) is 140 cm³/mol. The highest BCUT2D eigenvalue weighted by molar-refractivity contribution is 5.90. The lowest BCUT2D eigenvalue weighted by molar-refractivity contribution is -0.148. The summed E-state index contributed by atoms with van der Waals surface area (Å²) in [5, 5.41) is 0. The van der Waals surface area contributed by atoms with E-state index in [0.29, 0.717) is 35.4 Å². The number of Topliss-reactive ketones (excluding diaryl/α,β-unsaturated/α-hetero) is 1. The topological polar surface area (TPSA) is 63.7 Å². The Balaban J connectivity index is 1.33. The van der Waals surface area contributed by atoms with Crippen molar-refractivity contribution in [3.8, 4) is 0 Å². The zero-order valence-corrected chi connectivity index (χ0v) is 23.3. The molecule has 0 radical (unpaired) electrons. The summed E-state index contributed by atoms with van der Waals surface area (Å²) in [6.07, 6.45) is 12.3. The zero-order chi connectivity index (χ0) is 26.0. The third-order valence-corrected chi connectivity index (χ3v) is 11.8. The molecule has 1 aliphatic heterocycles. The van der Waals surface area contributed by atoms with Gasteiger partial charge in [-0.15, -0.1) is 0 Å². The van der Waals surface area contributed by atoms with Crippen molar-refractivity contribution in [3.05, 3.63) is 11.6 Å². The van der Waals surface area contributed by atoms with Gasteiger partial charge in [0, 0.05) is 32.7 Å². The molecule has 0 spiro atoms. The van der Waals surface area contributed by atoms with Crippen LogP contribution < -0.4 is 0 Å². The average molecular weight is 498 g/mol. The molecule has 10 atom stereocenters. The molecule has 5 rings (SSSR count). The van der Waals surface area contributed by atoms with E-state index in [9.17, 15) is 14.4 Å². The minimum atomic E-state index is -0.224. The molecule has 0 aromatic carbocycles. The second-order valence-electron chi connectivity index (χ2n) is 13.7. The lowest BCUT2D eigenvalue weighted by atomic mass is 9.47. The van der Waals surface area contributed by atoms with E-state index < -0.39 is 0 Å². The molecule has 5 aliphatic rings. The highest BCUT2D eigenvalue weighted by atomic mass is 16.5. The molecule has 1 heterocycles. The number of carbonyl (C=O) groups excluding carboxylic acids is 3. The average Bonchev–Trinajstić information content (AvgIpc) is 3.38. The van der Waals surface area contributed by atoms with Gasteiger partial charge in [0.2, 0.25) is 5.91 Å². The monoisotopic (exact) mass is 497 g/mol. The van der Waals surface area contributed by atoms with Crippen LogP contribution in [0.3, 0.4) is 0 Å². The standard InChI is InChI=1S/C31H47NO4/c1-18-15-28(32(17-18)20(3)33)29(35)19(2)25-9-10-26-24-8-7-22-16-23(36-21(4)34)11-13-30(22,5)27(24)12-14-31(25,26)6/h7,18-19,23-28H,8-17H2,1-6H3/t18?,19?,23?,24-,25+,26-,27-,28?,30-,31+/m0/s1. The van der Waals surface area contributed by atoms with Gasteiger partial charge < -0.3 is 9.64 Å². The van der Waals surface area contributed by atoms with Gasteiger partial charge in [-0.05, 0) is 91.8 Å². The van der Waals surface area contributed by atoms with Crippen LogP contribution in [-0.2, 0) is 19.1 Å². The van der Waals surface area contributed by atoms with Crippen LogP contribution in [0, 0.1) is 46.3 Å². The number of rotatable bonds is 4. The van der Waals surface area contributed by atoms with E-state index in [0.717, 1.165) is 45.1 Å². The van der Waals surface area contributed by atoms with Crippen molar-refractivity contribution < 1.29 is 19.1 Å². The molecular formula is C31H47NO4. The molecule has 1 amide bonds. The van der Waals surface area contributed by atoms with E-state index in [1.807, 2.05) is 4.90 Å². The number of likely N-dealkylation sites (tertiary alicyclic amines) is 1. The van der Waals surface area contributed by atoms with Gasteiger partial charge in [-0.3, -0.25) is 14.4 Å². The number of ether oxygens (including phenoxy) is 1. The fourth-order valence-corrected chi connectivity index (χ4v) is 9.99. The van der Waals surface area contributed by atoms with Gasteiger partial charge in [0.05, 0.1) is 6.04 Å². The number of carbonyl (C=O) groups is 3. The molecule has 5 heteroatoms. The summed E-state index contributed by atoms with van der Waals surface area (Å²) < 4.78 is 5.60. The summed E-state index contributed by atoms with van der Waals surface area (Å²) in [5.41, 5.74) is 1.96. The lowest BCUT2D eigenvalue weighted by Gasteiger charge is -2.58. The van der Waals surface area contributed by atoms with Crippen LogP contribution >= 0.6 is 0 Å². The maximum absolute atomic E-state index is 13.8. The largest absolute Gasteiger partial charge is 0.462 e. The molecule has 0 aromatic rings. The van der Waals surface area contributed by atoms with Gasteiger partial charge in [0.25, 0.3) is 0 Å². The van der Waals surface area contributed by atoms with Crippen molar-refractivity contribution in [2.75, 3.05) is 6.54 Å². The first-order valence-corrected chi connectivity index (χ1v) is 14.6. The van der Waals surface area contributed by atoms with Gasteiger partial charge in [0.1, 0.15) is 6.10 Å². The van der Waals surface area contributed by atoms with Crippen LogP contribution in [0.1, 0.15) is 99.3 Å². The van der Waals surface area contributed by atoms with Crippen LogP contribution in [-0.4, -0.2) is 41.3 Å². The lowest BCUT2D eigenvalue weighted by Crippen LogP contribution is -2.52.